The van der Waals surface area contributed by atoms with Gasteiger partial charge >= 0.3 is 0 Å². The minimum atomic E-state index is 0.315. The summed E-state index contributed by atoms with van der Waals surface area (Å²) >= 11 is 6.16. The molecular formula is C17H20ClN. The Morgan fingerprint density at radius 2 is 1.68 bits per heavy atom. The first kappa shape index (κ1) is 14.1. The Labute approximate surface area is 120 Å². The van der Waals surface area contributed by atoms with Gasteiger partial charge in [0, 0.05) is 17.6 Å². The Bertz CT molecular complexity index is 543. The summed E-state index contributed by atoms with van der Waals surface area (Å²) in [4.78, 5) is 0. The van der Waals surface area contributed by atoms with Crippen molar-refractivity contribution in [3.63, 3.8) is 0 Å². The van der Waals surface area contributed by atoms with Crippen molar-refractivity contribution in [3.8, 4) is 0 Å². The van der Waals surface area contributed by atoms with Gasteiger partial charge in [-0.2, -0.15) is 0 Å². The zero-order valence-corrected chi connectivity index (χ0v) is 12.5. The van der Waals surface area contributed by atoms with Gasteiger partial charge in [-0.15, -0.1) is 0 Å². The monoisotopic (exact) mass is 273 g/mol. The average Bonchev–Trinajstić information content (AvgIpc) is 2.36. The highest BCUT2D eigenvalue weighted by atomic mass is 35.5. The molecule has 100 valence electrons. The van der Waals surface area contributed by atoms with Crippen molar-refractivity contribution >= 4 is 11.6 Å². The van der Waals surface area contributed by atoms with E-state index in [4.69, 9.17) is 11.6 Å². The summed E-state index contributed by atoms with van der Waals surface area (Å²) in [5.41, 5.74) is 5.08. The summed E-state index contributed by atoms with van der Waals surface area (Å²) in [6, 6.07) is 14.9. The summed E-state index contributed by atoms with van der Waals surface area (Å²) in [6.45, 7) is 7.24. The van der Waals surface area contributed by atoms with E-state index in [0.717, 1.165) is 17.1 Å². The van der Waals surface area contributed by atoms with E-state index in [1.54, 1.807) is 0 Å². The van der Waals surface area contributed by atoms with Crippen LogP contribution in [-0.2, 0) is 6.54 Å². The van der Waals surface area contributed by atoms with Gasteiger partial charge in [0.15, 0.2) is 0 Å². The molecule has 0 amide bonds. The van der Waals surface area contributed by atoms with E-state index in [1.165, 1.54) is 16.7 Å². The molecule has 0 aliphatic rings. The quantitative estimate of drug-likeness (QED) is 0.843. The minimum Gasteiger partial charge on any atom is -0.306 e. The van der Waals surface area contributed by atoms with E-state index in [-0.39, 0.29) is 0 Å². The lowest BCUT2D eigenvalue weighted by Gasteiger charge is -2.16. The summed E-state index contributed by atoms with van der Waals surface area (Å²) < 4.78 is 0. The van der Waals surface area contributed by atoms with E-state index < -0.39 is 0 Å². The molecule has 2 aromatic rings. The number of hydrogen-bond acceptors (Lipinski definition) is 1. The molecule has 0 aliphatic carbocycles. The van der Waals surface area contributed by atoms with Gasteiger partial charge in [0.05, 0.1) is 0 Å². The van der Waals surface area contributed by atoms with Crippen LogP contribution in [0.5, 0.6) is 0 Å². The molecule has 2 aromatic carbocycles. The predicted octanol–water partition coefficient (Wildman–Crippen LogP) is 4.81. The molecule has 19 heavy (non-hydrogen) atoms. The van der Waals surface area contributed by atoms with Crippen LogP contribution in [0.4, 0.5) is 0 Å². The Morgan fingerprint density at radius 1 is 1.05 bits per heavy atom. The second-order valence-electron chi connectivity index (χ2n) is 5.12. The maximum Gasteiger partial charge on any atom is 0.0450 e. The van der Waals surface area contributed by atoms with Crippen molar-refractivity contribution in [1.29, 1.82) is 0 Å². The van der Waals surface area contributed by atoms with Crippen molar-refractivity contribution in [3.05, 3.63) is 69.7 Å². The summed E-state index contributed by atoms with van der Waals surface area (Å²) in [5, 5.41) is 4.35. The van der Waals surface area contributed by atoms with E-state index in [0.29, 0.717) is 6.04 Å². The van der Waals surface area contributed by atoms with Crippen molar-refractivity contribution in [2.45, 2.75) is 33.4 Å². The van der Waals surface area contributed by atoms with Gasteiger partial charge in [0.2, 0.25) is 0 Å². The summed E-state index contributed by atoms with van der Waals surface area (Å²) in [7, 11) is 0. The first-order valence-corrected chi connectivity index (χ1v) is 6.99. The molecule has 0 heterocycles. The maximum absolute atomic E-state index is 6.16. The normalized spacial score (nSPS) is 12.4. The van der Waals surface area contributed by atoms with Crippen LogP contribution in [0, 0.1) is 13.8 Å². The van der Waals surface area contributed by atoms with Crippen molar-refractivity contribution < 1.29 is 0 Å². The smallest absolute Gasteiger partial charge is 0.0450 e. The highest BCUT2D eigenvalue weighted by molar-refractivity contribution is 6.31. The number of hydrogen-bond donors (Lipinski definition) is 1. The molecule has 1 unspecified atom stereocenters. The van der Waals surface area contributed by atoms with Gasteiger partial charge in [-0.1, -0.05) is 59.1 Å². The molecule has 0 radical (unpaired) electrons. The van der Waals surface area contributed by atoms with Crippen LogP contribution in [0.3, 0.4) is 0 Å². The lowest BCUT2D eigenvalue weighted by Crippen LogP contribution is -2.18. The van der Waals surface area contributed by atoms with Gasteiger partial charge in [-0.05, 0) is 38.0 Å². The van der Waals surface area contributed by atoms with Crippen LogP contribution in [0.2, 0.25) is 5.02 Å². The largest absolute Gasteiger partial charge is 0.306 e. The summed E-state index contributed by atoms with van der Waals surface area (Å²) in [5.74, 6) is 0. The number of nitrogens with one attached hydrogen (secondary N) is 1. The fourth-order valence-electron chi connectivity index (χ4n) is 2.28. The molecule has 0 spiro atoms. The molecule has 0 saturated heterocycles. The molecule has 1 N–H and O–H groups in total. The van der Waals surface area contributed by atoms with E-state index in [2.05, 4.69) is 50.4 Å². The lowest BCUT2D eigenvalue weighted by molar-refractivity contribution is 0.574. The third-order valence-corrected chi connectivity index (χ3v) is 3.67. The van der Waals surface area contributed by atoms with Crippen LogP contribution >= 0.6 is 11.6 Å². The second-order valence-corrected chi connectivity index (χ2v) is 5.52. The number of aryl methyl sites for hydroxylation is 2. The number of halogens is 1. The molecular weight excluding hydrogens is 254 g/mol. The van der Waals surface area contributed by atoms with Crippen molar-refractivity contribution in [2.24, 2.45) is 0 Å². The molecule has 0 aliphatic heterocycles. The second kappa shape index (κ2) is 6.23. The van der Waals surface area contributed by atoms with Gasteiger partial charge in [-0.3, -0.25) is 0 Å². The van der Waals surface area contributed by atoms with Gasteiger partial charge in [0.25, 0.3) is 0 Å². The number of rotatable bonds is 4. The lowest BCUT2D eigenvalue weighted by atomic mass is 10.0. The van der Waals surface area contributed by atoms with Crippen LogP contribution in [0.1, 0.15) is 35.2 Å². The van der Waals surface area contributed by atoms with Gasteiger partial charge in [0.1, 0.15) is 0 Å². The minimum absolute atomic E-state index is 0.315. The molecule has 2 heteroatoms. The maximum atomic E-state index is 6.16. The predicted molar refractivity (Wildman–Crippen MR) is 82.6 cm³/mol. The topological polar surface area (TPSA) is 12.0 Å². The highest BCUT2D eigenvalue weighted by Gasteiger charge is 2.07. The first-order valence-electron chi connectivity index (χ1n) is 6.61. The third kappa shape index (κ3) is 3.82. The third-order valence-electron chi connectivity index (χ3n) is 3.30. The SMILES string of the molecule is Cc1cc(C)cc(C(C)NCc2ccccc2Cl)c1. The van der Waals surface area contributed by atoms with E-state index in [9.17, 15) is 0 Å². The van der Waals surface area contributed by atoms with Crippen LogP contribution in [-0.4, -0.2) is 0 Å². The highest BCUT2D eigenvalue weighted by Crippen LogP contribution is 2.19. The van der Waals surface area contributed by atoms with E-state index >= 15 is 0 Å². The van der Waals surface area contributed by atoms with Gasteiger partial charge < -0.3 is 5.32 Å². The Morgan fingerprint density at radius 3 is 2.32 bits per heavy atom. The van der Waals surface area contributed by atoms with Crippen LogP contribution < -0.4 is 5.32 Å². The molecule has 2 rings (SSSR count). The molecule has 0 aromatic heterocycles. The Hall–Kier alpha value is -1.31. The molecule has 0 bridgehead atoms. The van der Waals surface area contributed by atoms with Crippen molar-refractivity contribution in [2.75, 3.05) is 0 Å². The molecule has 0 fully saturated rings. The molecule has 0 saturated carbocycles. The molecule has 1 atom stereocenters. The Kier molecular flexibility index (Phi) is 4.62. The van der Waals surface area contributed by atoms with Crippen LogP contribution in [0.25, 0.3) is 0 Å². The van der Waals surface area contributed by atoms with Crippen LogP contribution in [0.15, 0.2) is 42.5 Å². The Balaban J connectivity index is 2.05. The fraction of sp³-hybridized carbons (Fsp3) is 0.294. The fourth-order valence-corrected chi connectivity index (χ4v) is 2.49. The zero-order valence-electron chi connectivity index (χ0n) is 11.7. The molecule has 1 nitrogen and oxygen atoms in total. The first-order chi connectivity index (χ1) is 9.06. The van der Waals surface area contributed by atoms with Gasteiger partial charge in [-0.25, -0.2) is 0 Å². The van der Waals surface area contributed by atoms with E-state index in [1.807, 2.05) is 18.2 Å². The number of benzene rings is 2. The van der Waals surface area contributed by atoms with Crippen molar-refractivity contribution in [1.82, 2.24) is 5.32 Å². The summed E-state index contributed by atoms with van der Waals surface area (Å²) in [6.07, 6.45) is 0. The standard InChI is InChI=1S/C17H20ClN/c1-12-8-13(2)10-16(9-12)14(3)19-11-15-6-4-5-7-17(15)18/h4-10,14,19H,11H2,1-3H3. The average molecular weight is 274 g/mol. The zero-order chi connectivity index (χ0) is 13.8.